The van der Waals surface area contributed by atoms with Gasteiger partial charge in [0.05, 0.1) is 6.42 Å². The molecule has 0 heterocycles. The van der Waals surface area contributed by atoms with Crippen molar-refractivity contribution in [3.8, 4) is 0 Å². The highest BCUT2D eigenvalue weighted by Crippen LogP contribution is 2.22. The monoisotopic (exact) mass is 229 g/mol. The van der Waals surface area contributed by atoms with Gasteiger partial charge in [-0.1, -0.05) is 34.6 Å². The van der Waals surface area contributed by atoms with Crippen molar-refractivity contribution in [1.82, 2.24) is 5.32 Å². The third kappa shape index (κ3) is 7.26. The van der Waals surface area contributed by atoms with E-state index in [1.54, 1.807) is 13.8 Å². The third-order valence-corrected chi connectivity index (χ3v) is 2.15. The van der Waals surface area contributed by atoms with Gasteiger partial charge in [-0.3, -0.25) is 9.59 Å². The average Bonchev–Trinajstić information content (AvgIpc) is 1.98. The quantitative estimate of drug-likeness (QED) is 0.758. The van der Waals surface area contributed by atoms with Gasteiger partial charge in [0, 0.05) is 12.0 Å². The van der Waals surface area contributed by atoms with Gasteiger partial charge < -0.3 is 10.4 Å². The van der Waals surface area contributed by atoms with Crippen LogP contribution in [0.2, 0.25) is 0 Å². The summed E-state index contributed by atoms with van der Waals surface area (Å²) < 4.78 is 0. The average molecular weight is 229 g/mol. The van der Waals surface area contributed by atoms with Gasteiger partial charge in [-0.2, -0.15) is 0 Å². The Balaban J connectivity index is 4.43. The largest absolute Gasteiger partial charge is 0.481 e. The fourth-order valence-electron chi connectivity index (χ4n) is 1.49. The molecule has 1 amide bonds. The van der Waals surface area contributed by atoms with Crippen LogP contribution in [0.5, 0.6) is 0 Å². The first-order valence-corrected chi connectivity index (χ1v) is 5.64. The number of amides is 1. The second-order valence-corrected chi connectivity index (χ2v) is 5.72. The van der Waals surface area contributed by atoms with E-state index in [9.17, 15) is 9.59 Å². The van der Waals surface area contributed by atoms with Crippen LogP contribution in [-0.2, 0) is 9.59 Å². The summed E-state index contributed by atoms with van der Waals surface area (Å²) in [6.07, 6.45) is 0.646. The first-order chi connectivity index (χ1) is 7.11. The van der Waals surface area contributed by atoms with Gasteiger partial charge in [0.25, 0.3) is 0 Å². The Morgan fingerprint density at radius 3 is 2.06 bits per heavy atom. The fraction of sp³-hybridized carbons (Fsp3) is 0.833. The maximum atomic E-state index is 11.5. The summed E-state index contributed by atoms with van der Waals surface area (Å²) in [6, 6.07) is -0.285. The van der Waals surface area contributed by atoms with Crippen LogP contribution in [0.4, 0.5) is 0 Å². The molecule has 4 nitrogen and oxygen atoms in total. The number of hydrogen-bond donors (Lipinski definition) is 2. The molecule has 16 heavy (non-hydrogen) atoms. The van der Waals surface area contributed by atoms with Gasteiger partial charge >= 0.3 is 5.97 Å². The van der Waals surface area contributed by atoms with E-state index in [1.165, 1.54) is 0 Å². The number of rotatable bonds is 5. The number of carbonyl (C=O) groups excluding carboxylic acids is 1. The van der Waals surface area contributed by atoms with Crippen LogP contribution in [0.15, 0.2) is 0 Å². The van der Waals surface area contributed by atoms with Crippen LogP contribution in [-0.4, -0.2) is 23.0 Å². The van der Waals surface area contributed by atoms with E-state index in [0.717, 1.165) is 0 Å². The molecule has 0 aromatic rings. The highest BCUT2D eigenvalue weighted by atomic mass is 16.4. The second kappa shape index (κ2) is 5.87. The number of carboxylic acids is 1. The maximum Gasteiger partial charge on any atom is 0.305 e. The third-order valence-electron chi connectivity index (χ3n) is 2.15. The van der Waals surface area contributed by atoms with Gasteiger partial charge in [0.1, 0.15) is 0 Å². The van der Waals surface area contributed by atoms with Gasteiger partial charge in [-0.15, -0.1) is 0 Å². The Bertz CT molecular complexity index is 253. The van der Waals surface area contributed by atoms with Crippen molar-refractivity contribution in [3.05, 3.63) is 0 Å². The smallest absolute Gasteiger partial charge is 0.305 e. The molecule has 1 unspecified atom stereocenters. The van der Waals surface area contributed by atoms with E-state index in [4.69, 9.17) is 5.11 Å². The maximum absolute atomic E-state index is 11.5. The predicted octanol–water partition coefficient (Wildman–Crippen LogP) is 2.04. The number of hydrogen-bond acceptors (Lipinski definition) is 2. The lowest BCUT2D eigenvalue weighted by atomic mass is 9.87. The van der Waals surface area contributed by atoms with Gasteiger partial charge in [0.2, 0.25) is 5.91 Å². The summed E-state index contributed by atoms with van der Waals surface area (Å²) in [4.78, 5) is 22.2. The molecule has 0 spiro atoms. The molecular weight excluding hydrogens is 206 g/mol. The number of nitrogens with one attached hydrogen (secondary N) is 1. The molecule has 0 aliphatic rings. The number of carbonyl (C=O) groups is 2. The van der Waals surface area contributed by atoms with E-state index in [0.29, 0.717) is 6.42 Å². The van der Waals surface area contributed by atoms with Crippen molar-refractivity contribution in [2.45, 2.75) is 53.5 Å². The number of aliphatic carboxylic acids is 1. The Morgan fingerprint density at radius 2 is 1.75 bits per heavy atom. The minimum absolute atomic E-state index is 0.00434. The summed E-state index contributed by atoms with van der Waals surface area (Å²) in [5.74, 6) is -1.08. The topological polar surface area (TPSA) is 66.4 Å². The van der Waals surface area contributed by atoms with Crippen molar-refractivity contribution in [2.75, 3.05) is 0 Å². The number of carboxylic acid groups (broad SMARTS) is 1. The molecule has 0 fully saturated rings. The molecule has 0 aliphatic heterocycles. The fourth-order valence-corrected chi connectivity index (χ4v) is 1.49. The van der Waals surface area contributed by atoms with Gasteiger partial charge in [0.15, 0.2) is 0 Å². The van der Waals surface area contributed by atoms with E-state index in [1.807, 2.05) is 20.8 Å². The minimum atomic E-state index is -0.877. The molecule has 0 rings (SSSR count). The first kappa shape index (κ1) is 14.9. The lowest BCUT2D eigenvalue weighted by Crippen LogP contribution is -2.40. The molecule has 2 N–H and O–H groups in total. The molecule has 0 aromatic carbocycles. The van der Waals surface area contributed by atoms with Crippen LogP contribution < -0.4 is 5.32 Å². The summed E-state index contributed by atoms with van der Waals surface area (Å²) in [5.41, 5.74) is 0.00434. The van der Waals surface area contributed by atoms with Gasteiger partial charge in [-0.05, 0) is 11.8 Å². The zero-order chi connectivity index (χ0) is 12.9. The molecule has 0 aromatic heterocycles. The van der Waals surface area contributed by atoms with Crippen molar-refractivity contribution in [3.63, 3.8) is 0 Å². The zero-order valence-corrected chi connectivity index (χ0v) is 10.8. The molecule has 0 aliphatic carbocycles. The first-order valence-electron chi connectivity index (χ1n) is 5.64. The van der Waals surface area contributed by atoms with Crippen LogP contribution in [0.3, 0.4) is 0 Å². The summed E-state index contributed by atoms with van der Waals surface area (Å²) in [7, 11) is 0. The molecule has 4 heteroatoms. The Labute approximate surface area is 97.4 Å². The lowest BCUT2D eigenvalue weighted by Gasteiger charge is -2.26. The summed E-state index contributed by atoms with van der Waals surface area (Å²) >= 11 is 0. The standard InChI is InChI=1S/C12H23NO3/c1-8(2)11(16)13-9(6-10(14)15)7-12(3,4)5/h8-9H,6-7H2,1-5H3,(H,13,16)(H,14,15). The SMILES string of the molecule is CC(C)C(=O)NC(CC(=O)O)CC(C)(C)C. The van der Waals surface area contributed by atoms with E-state index >= 15 is 0 Å². The van der Waals surface area contributed by atoms with E-state index < -0.39 is 5.97 Å². The summed E-state index contributed by atoms with van der Waals surface area (Å²) in [6.45, 7) is 9.69. The van der Waals surface area contributed by atoms with Crippen molar-refractivity contribution in [1.29, 1.82) is 0 Å². The van der Waals surface area contributed by atoms with E-state index in [-0.39, 0.29) is 29.7 Å². The molecule has 0 saturated heterocycles. The minimum Gasteiger partial charge on any atom is -0.481 e. The molecular formula is C12H23NO3. The van der Waals surface area contributed by atoms with Crippen molar-refractivity contribution >= 4 is 11.9 Å². The summed E-state index contributed by atoms with van der Waals surface area (Å²) in [5, 5.41) is 11.6. The van der Waals surface area contributed by atoms with Crippen LogP contribution >= 0.6 is 0 Å². The van der Waals surface area contributed by atoms with Crippen molar-refractivity contribution in [2.24, 2.45) is 11.3 Å². The molecule has 0 bridgehead atoms. The highest BCUT2D eigenvalue weighted by Gasteiger charge is 2.23. The van der Waals surface area contributed by atoms with Crippen LogP contribution in [0, 0.1) is 11.3 Å². The molecule has 1 atom stereocenters. The molecule has 0 radical (unpaired) electrons. The second-order valence-electron chi connectivity index (χ2n) is 5.72. The van der Waals surface area contributed by atoms with E-state index in [2.05, 4.69) is 5.32 Å². The Hall–Kier alpha value is -1.06. The Morgan fingerprint density at radius 1 is 1.25 bits per heavy atom. The van der Waals surface area contributed by atoms with Crippen LogP contribution in [0.1, 0.15) is 47.5 Å². The van der Waals surface area contributed by atoms with Crippen molar-refractivity contribution < 1.29 is 14.7 Å². The highest BCUT2D eigenvalue weighted by molar-refractivity contribution is 5.79. The molecule has 0 saturated carbocycles. The zero-order valence-electron chi connectivity index (χ0n) is 10.8. The Kier molecular flexibility index (Phi) is 5.48. The lowest BCUT2D eigenvalue weighted by molar-refractivity contribution is -0.138. The van der Waals surface area contributed by atoms with Crippen LogP contribution in [0.25, 0.3) is 0 Å². The molecule has 94 valence electrons. The van der Waals surface area contributed by atoms with Gasteiger partial charge in [-0.25, -0.2) is 0 Å². The predicted molar refractivity (Wildman–Crippen MR) is 63.1 cm³/mol. The normalized spacial score (nSPS) is 13.6.